The molecule has 0 aliphatic carbocycles. The molecule has 70 valence electrons. The van der Waals surface area contributed by atoms with Crippen molar-refractivity contribution in [1.82, 2.24) is 4.98 Å². The number of hydrogen-bond donors (Lipinski definition) is 0. The van der Waals surface area contributed by atoms with Gasteiger partial charge in [-0.05, 0) is 15.9 Å². The Kier molecular flexibility index (Phi) is 2.46. The van der Waals surface area contributed by atoms with Crippen molar-refractivity contribution in [2.24, 2.45) is 0 Å². The molecule has 5 heteroatoms. The molecule has 1 aliphatic rings. The fourth-order valence-electron chi connectivity index (χ4n) is 0.961. The van der Waals surface area contributed by atoms with Gasteiger partial charge in [-0.3, -0.25) is 4.98 Å². The van der Waals surface area contributed by atoms with E-state index in [1.807, 2.05) is 0 Å². The summed E-state index contributed by atoms with van der Waals surface area (Å²) < 4.78 is 23.9. The topological polar surface area (TPSA) is 31.4 Å². The van der Waals surface area contributed by atoms with E-state index in [2.05, 4.69) is 20.9 Å². The Morgan fingerprint density at radius 3 is 2.85 bits per heavy atom. The summed E-state index contributed by atoms with van der Waals surface area (Å²) >= 11 is 3.16. The second kappa shape index (κ2) is 3.59. The minimum Gasteiger partial charge on any atom is -0.481 e. The molecule has 0 saturated carbocycles. The smallest absolute Gasteiger partial charge is 0.184 e. The second-order valence-corrected chi connectivity index (χ2v) is 3.56. The molecule has 1 aliphatic heterocycles. The Morgan fingerprint density at radius 2 is 2.31 bits per heavy atom. The average Bonchev–Trinajstić information content (AvgIpc) is 2.00. The maximum absolute atomic E-state index is 13.1. The van der Waals surface area contributed by atoms with Crippen LogP contribution in [0.4, 0.5) is 4.39 Å². The molecule has 1 aromatic rings. The third-order valence-corrected chi connectivity index (χ3v) is 2.27. The van der Waals surface area contributed by atoms with Crippen LogP contribution >= 0.6 is 15.9 Å². The summed E-state index contributed by atoms with van der Waals surface area (Å²) in [5.41, 5.74) is 0. The minimum atomic E-state index is -0.457. The van der Waals surface area contributed by atoms with Crippen molar-refractivity contribution >= 4 is 15.9 Å². The molecule has 0 amide bonds. The molecule has 1 aromatic heterocycles. The van der Waals surface area contributed by atoms with Gasteiger partial charge in [-0.2, -0.15) is 0 Å². The van der Waals surface area contributed by atoms with Gasteiger partial charge in [0.15, 0.2) is 11.6 Å². The monoisotopic (exact) mass is 247 g/mol. The molecule has 2 heterocycles. The van der Waals surface area contributed by atoms with E-state index in [9.17, 15) is 4.39 Å². The Labute approximate surface area is 83.0 Å². The highest BCUT2D eigenvalue weighted by Gasteiger charge is 2.22. The number of pyridine rings is 1. The first kappa shape index (κ1) is 8.90. The normalized spacial score (nSPS) is 16.8. The van der Waals surface area contributed by atoms with Crippen molar-refractivity contribution in [3.63, 3.8) is 0 Å². The number of hydrogen-bond acceptors (Lipinski definition) is 3. The molecule has 0 spiro atoms. The molecule has 1 saturated heterocycles. The molecule has 2 rings (SSSR count). The van der Waals surface area contributed by atoms with Crippen molar-refractivity contribution in [2.75, 3.05) is 13.2 Å². The van der Waals surface area contributed by atoms with E-state index in [0.29, 0.717) is 17.7 Å². The molecule has 0 bridgehead atoms. The standard InChI is InChI=1S/C8H7BrFNO2/c9-6-1-11-2-7(10)8(6)13-5-3-12-4-5/h1-2,5H,3-4H2. The Balaban J connectivity index is 2.17. The van der Waals surface area contributed by atoms with Gasteiger partial charge in [0.05, 0.1) is 23.9 Å². The molecule has 1 fully saturated rings. The van der Waals surface area contributed by atoms with Gasteiger partial charge in [0.2, 0.25) is 0 Å². The molecular weight excluding hydrogens is 241 g/mol. The predicted molar refractivity (Wildman–Crippen MR) is 47.1 cm³/mol. The summed E-state index contributed by atoms with van der Waals surface area (Å²) in [6.07, 6.45) is 2.59. The minimum absolute atomic E-state index is 0.0341. The summed E-state index contributed by atoms with van der Waals surface area (Å²) in [4.78, 5) is 3.66. The summed E-state index contributed by atoms with van der Waals surface area (Å²) in [5, 5.41) is 0. The quantitative estimate of drug-likeness (QED) is 0.799. The van der Waals surface area contributed by atoms with Gasteiger partial charge in [0.25, 0.3) is 0 Å². The molecule has 0 N–H and O–H groups in total. The molecule has 0 radical (unpaired) electrons. The van der Waals surface area contributed by atoms with Gasteiger partial charge in [-0.15, -0.1) is 0 Å². The van der Waals surface area contributed by atoms with Crippen molar-refractivity contribution in [3.8, 4) is 5.75 Å². The zero-order valence-corrected chi connectivity index (χ0v) is 8.25. The Bertz CT molecular complexity index is 297. The molecule has 0 unspecified atom stereocenters. The van der Waals surface area contributed by atoms with Crippen molar-refractivity contribution in [2.45, 2.75) is 6.10 Å². The molecule has 0 atom stereocenters. The number of aromatic nitrogens is 1. The van der Waals surface area contributed by atoms with Gasteiger partial charge in [-0.25, -0.2) is 4.39 Å². The summed E-state index contributed by atoms with van der Waals surface area (Å²) in [6, 6.07) is 0. The Hall–Kier alpha value is -0.680. The van der Waals surface area contributed by atoms with E-state index in [0.717, 1.165) is 6.20 Å². The van der Waals surface area contributed by atoms with Gasteiger partial charge >= 0.3 is 0 Å². The largest absolute Gasteiger partial charge is 0.481 e. The van der Waals surface area contributed by atoms with E-state index in [-0.39, 0.29) is 11.9 Å². The first-order chi connectivity index (χ1) is 6.27. The van der Waals surface area contributed by atoms with Crippen LogP contribution < -0.4 is 4.74 Å². The molecule has 3 nitrogen and oxygen atoms in total. The average molecular weight is 248 g/mol. The van der Waals surface area contributed by atoms with Gasteiger partial charge in [0.1, 0.15) is 6.10 Å². The Morgan fingerprint density at radius 1 is 1.54 bits per heavy atom. The second-order valence-electron chi connectivity index (χ2n) is 2.71. The highest BCUT2D eigenvalue weighted by Crippen LogP contribution is 2.28. The fourth-order valence-corrected chi connectivity index (χ4v) is 1.36. The molecule has 13 heavy (non-hydrogen) atoms. The van der Waals surface area contributed by atoms with E-state index in [1.165, 1.54) is 6.20 Å². The van der Waals surface area contributed by atoms with Crippen molar-refractivity contribution in [1.29, 1.82) is 0 Å². The SMILES string of the molecule is Fc1cncc(Br)c1OC1COC1. The summed E-state index contributed by atoms with van der Waals surface area (Å²) in [5.74, 6) is -0.246. The lowest BCUT2D eigenvalue weighted by Crippen LogP contribution is -2.38. The van der Waals surface area contributed by atoms with Crippen LogP contribution in [0.2, 0.25) is 0 Å². The zero-order chi connectivity index (χ0) is 9.26. The zero-order valence-electron chi connectivity index (χ0n) is 6.67. The number of nitrogens with zero attached hydrogens (tertiary/aromatic N) is 1. The van der Waals surface area contributed by atoms with Crippen molar-refractivity contribution in [3.05, 3.63) is 22.7 Å². The fraction of sp³-hybridized carbons (Fsp3) is 0.375. The molecular formula is C8H7BrFNO2. The van der Waals surface area contributed by atoms with Crippen LogP contribution in [-0.4, -0.2) is 24.3 Å². The van der Waals surface area contributed by atoms with Crippen LogP contribution in [0.25, 0.3) is 0 Å². The number of halogens is 2. The van der Waals surface area contributed by atoms with E-state index >= 15 is 0 Å². The van der Waals surface area contributed by atoms with Gasteiger partial charge in [-0.1, -0.05) is 0 Å². The van der Waals surface area contributed by atoms with Crippen LogP contribution in [0.5, 0.6) is 5.75 Å². The highest BCUT2D eigenvalue weighted by atomic mass is 79.9. The first-order valence-electron chi connectivity index (χ1n) is 3.81. The van der Waals surface area contributed by atoms with Gasteiger partial charge < -0.3 is 9.47 Å². The van der Waals surface area contributed by atoms with E-state index in [4.69, 9.17) is 9.47 Å². The highest BCUT2D eigenvalue weighted by molar-refractivity contribution is 9.10. The van der Waals surface area contributed by atoms with E-state index in [1.54, 1.807) is 0 Å². The predicted octanol–water partition coefficient (Wildman–Crippen LogP) is 1.76. The molecule has 0 aromatic carbocycles. The van der Waals surface area contributed by atoms with Crippen molar-refractivity contribution < 1.29 is 13.9 Å². The maximum atomic E-state index is 13.1. The lowest BCUT2D eigenvalue weighted by atomic mass is 10.3. The lowest BCUT2D eigenvalue weighted by molar-refractivity contribution is -0.0812. The third kappa shape index (κ3) is 1.81. The lowest BCUT2D eigenvalue weighted by Gasteiger charge is -2.27. The van der Waals surface area contributed by atoms with Crippen LogP contribution in [-0.2, 0) is 4.74 Å². The number of rotatable bonds is 2. The van der Waals surface area contributed by atoms with Crippen LogP contribution in [0.1, 0.15) is 0 Å². The third-order valence-electron chi connectivity index (χ3n) is 1.70. The summed E-state index contributed by atoms with van der Waals surface area (Å²) in [7, 11) is 0. The number of ether oxygens (including phenoxy) is 2. The van der Waals surface area contributed by atoms with Crippen LogP contribution in [0.15, 0.2) is 16.9 Å². The van der Waals surface area contributed by atoms with Crippen LogP contribution in [0.3, 0.4) is 0 Å². The van der Waals surface area contributed by atoms with Gasteiger partial charge in [0, 0.05) is 6.20 Å². The first-order valence-corrected chi connectivity index (χ1v) is 4.60. The maximum Gasteiger partial charge on any atom is 0.184 e. The van der Waals surface area contributed by atoms with Crippen LogP contribution in [0, 0.1) is 5.82 Å². The van der Waals surface area contributed by atoms with E-state index < -0.39 is 5.82 Å². The summed E-state index contributed by atoms with van der Waals surface area (Å²) in [6.45, 7) is 1.04.